The Balaban J connectivity index is 2.18. The van der Waals surface area contributed by atoms with E-state index in [0.29, 0.717) is 11.6 Å². The van der Waals surface area contributed by atoms with E-state index in [9.17, 15) is 0 Å². The molecule has 3 nitrogen and oxygen atoms in total. The van der Waals surface area contributed by atoms with Crippen LogP contribution in [0.25, 0.3) is 0 Å². The molecule has 0 atom stereocenters. The van der Waals surface area contributed by atoms with Gasteiger partial charge in [0, 0.05) is 6.07 Å². The number of thiocarbonyl (C=S) groups is 1. The minimum Gasteiger partial charge on any atom is -0.439 e. The molecular weight excluding hydrogens is 268 g/mol. The molecule has 0 amide bonds. The number of rotatable bonds is 3. The summed E-state index contributed by atoms with van der Waals surface area (Å²) >= 11 is 4.90. The average Bonchev–Trinajstić information content (AvgIpc) is 2.38. The molecule has 4 heteroatoms. The van der Waals surface area contributed by atoms with Gasteiger partial charge in [-0.15, -0.1) is 0 Å². The standard InChI is InChI=1S/C16H18N2OS/c1-16(2,3)11-7-9-12(10-8-11)19-14-6-4-5-13(18-14)15(17)20/h4-10H,1-3H3,(H2,17,20). The van der Waals surface area contributed by atoms with Gasteiger partial charge < -0.3 is 10.5 Å². The molecular formula is C16H18N2OS. The zero-order valence-corrected chi connectivity index (χ0v) is 12.7. The molecule has 1 heterocycles. The van der Waals surface area contributed by atoms with E-state index in [2.05, 4.69) is 37.9 Å². The van der Waals surface area contributed by atoms with Gasteiger partial charge in [0.2, 0.25) is 5.88 Å². The van der Waals surface area contributed by atoms with Crippen molar-refractivity contribution in [1.82, 2.24) is 4.98 Å². The zero-order chi connectivity index (χ0) is 14.8. The lowest BCUT2D eigenvalue weighted by atomic mass is 9.87. The van der Waals surface area contributed by atoms with Gasteiger partial charge in [0.05, 0.1) is 0 Å². The Bertz CT molecular complexity index is 615. The number of hydrogen-bond donors (Lipinski definition) is 1. The van der Waals surface area contributed by atoms with Crippen molar-refractivity contribution < 1.29 is 4.74 Å². The van der Waals surface area contributed by atoms with Crippen molar-refractivity contribution in [2.75, 3.05) is 0 Å². The molecule has 1 aromatic heterocycles. The molecule has 1 aromatic carbocycles. The van der Waals surface area contributed by atoms with Gasteiger partial charge in [-0.2, -0.15) is 0 Å². The molecule has 2 rings (SSSR count). The molecule has 0 spiro atoms. The topological polar surface area (TPSA) is 48.1 Å². The maximum atomic E-state index is 5.71. The average molecular weight is 286 g/mol. The van der Waals surface area contributed by atoms with Crippen LogP contribution in [-0.2, 0) is 5.41 Å². The van der Waals surface area contributed by atoms with Crippen LogP contribution in [0, 0.1) is 0 Å². The molecule has 104 valence electrons. The van der Waals surface area contributed by atoms with E-state index in [4.69, 9.17) is 22.7 Å². The Hall–Kier alpha value is -1.94. The van der Waals surface area contributed by atoms with Crippen LogP contribution in [0.1, 0.15) is 32.0 Å². The summed E-state index contributed by atoms with van der Waals surface area (Å²) in [6, 6.07) is 13.4. The largest absolute Gasteiger partial charge is 0.439 e. The maximum absolute atomic E-state index is 5.71. The van der Waals surface area contributed by atoms with Crippen LogP contribution in [0.2, 0.25) is 0 Å². The molecule has 2 aromatic rings. The number of aromatic nitrogens is 1. The van der Waals surface area contributed by atoms with Gasteiger partial charge in [0.25, 0.3) is 0 Å². The number of nitrogens with zero attached hydrogens (tertiary/aromatic N) is 1. The third-order valence-electron chi connectivity index (χ3n) is 2.92. The Morgan fingerprint density at radius 2 is 1.75 bits per heavy atom. The Morgan fingerprint density at radius 1 is 1.10 bits per heavy atom. The highest BCUT2D eigenvalue weighted by Crippen LogP contribution is 2.26. The summed E-state index contributed by atoms with van der Waals surface area (Å²) in [5.74, 6) is 1.23. The van der Waals surface area contributed by atoms with E-state index in [1.54, 1.807) is 12.1 Å². The van der Waals surface area contributed by atoms with Crippen LogP contribution >= 0.6 is 12.2 Å². The minimum absolute atomic E-state index is 0.127. The summed E-state index contributed by atoms with van der Waals surface area (Å²) in [6.07, 6.45) is 0. The van der Waals surface area contributed by atoms with E-state index >= 15 is 0 Å². The zero-order valence-electron chi connectivity index (χ0n) is 11.9. The number of pyridine rings is 1. The van der Waals surface area contributed by atoms with Crippen LogP contribution < -0.4 is 10.5 Å². The van der Waals surface area contributed by atoms with E-state index in [1.165, 1.54) is 5.56 Å². The second-order valence-corrected chi connectivity index (χ2v) is 6.04. The van der Waals surface area contributed by atoms with Gasteiger partial charge in [-0.25, -0.2) is 4.98 Å². The molecule has 0 bridgehead atoms. The lowest BCUT2D eigenvalue weighted by Gasteiger charge is -2.19. The molecule has 0 fully saturated rings. The van der Waals surface area contributed by atoms with Crippen molar-refractivity contribution in [1.29, 1.82) is 0 Å². The highest BCUT2D eigenvalue weighted by Gasteiger charge is 2.13. The number of hydrogen-bond acceptors (Lipinski definition) is 3. The van der Waals surface area contributed by atoms with Crippen molar-refractivity contribution in [3.63, 3.8) is 0 Å². The summed E-state index contributed by atoms with van der Waals surface area (Å²) in [5, 5.41) is 0. The predicted molar refractivity (Wildman–Crippen MR) is 85.3 cm³/mol. The van der Waals surface area contributed by atoms with Crippen LogP contribution in [-0.4, -0.2) is 9.97 Å². The SMILES string of the molecule is CC(C)(C)c1ccc(Oc2cccc(C(N)=S)n2)cc1. The Labute approximate surface area is 124 Å². The minimum atomic E-state index is 0.127. The lowest BCUT2D eigenvalue weighted by Crippen LogP contribution is -2.11. The van der Waals surface area contributed by atoms with Crippen molar-refractivity contribution >= 4 is 17.2 Å². The molecule has 0 saturated heterocycles. The normalized spacial score (nSPS) is 11.2. The van der Waals surface area contributed by atoms with Gasteiger partial charge in [-0.3, -0.25) is 0 Å². The van der Waals surface area contributed by atoms with Gasteiger partial charge in [0.1, 0.15) is 16.4 Å². The number of ether oxygens (including phenoxy) is 1. The predicted octanol–water partition coefficient (Wildman–Crippen LogP) is 3.81. The van der Waals surface area contributed by atoms with Crippen LogP contribution in [0.3, 0.4) is 0 Å². The Morgan fingerprint density at radius 3 is 2.30 bits per heavy atom. The van der Waals surface area contributed by atoms with Crippen molar-refractivity contribution in [2.45, 2.75) is 26.2 Å². The first-order valence-corrected chi connectivity index (χ1v) is 6.82. The molecule has 0 aliphatic carbocycles. The van der Waals surface area contributed by atoms with Crippen molar-refractivity contribution in [3.8, 4) is 11.6 Å². The van der Waals surface area contributed by atoms with Gasteiger partial charge in [0.15, 0.2) is 0 Å². The summed E-state index contributed by atoms with van der Waals surface area (Å²) < 4.78 is 5.71. The third-order valence-corrected chi connectivity index (χ3v) is 3.13. The summed E-state index contributed by atoms with van der Waals surface area (Å²) in [4.78, 5) is 4.51. The van der Waals surface area contributed by atoms with Gasteiger partial charge in [-0.05, 0) is 29.2 Å². The maximum Gasteiger partial charge on any atom is 0.219 e. The number of benzene rings is 1. The van der Waals surface area contributed by atoms with E-state index in [1.807, 2.05) is 18.2 Å². The first kappa shape index (κ1) is 14.5. The molecule has 0 aliphatic rings. The lowest BCUT2D eigenvalue weighted by molar-refractivity contribution is 0.461. The highest BCUT2D eigenvalue weighted by atomic mass is 32.1. The fraction of sp³-hybridized carbons (Fsp3) is 0.250. The third kappa shape index (κ3) is 3.54. The fourth-order valence-electron chi connectivity index (χ4n) is 1.75. The summed E-state index contributed by atoms with van der Waals surface area (Å²) in [7, 11) is 0. The van der Waals surface area contributed by atoms with E-state index in [-0.39, 0.29) is 10.4 Å². The first-order chi connectivity index (χ1) is 9.36. The van der Waals surface area contributed by atoms with Crippen molar-refractivity contribution in [2.24, 2.45) is 5.73 Å². The molecule has 0 unspecified atom stereocenters. The molecule has 20 heavy (non-hydrogen) atoms. The molecule has 0 radical (unpaired) electrons. The summed E-state index contributed by atoms with van der Waals surface area (Å²) in [6.45, 7) is 6.53. The highest BCUT2D eigenvalue weighted by molar-refractivity contribution is 7.80. The van der Waals surface area contributed by atoms with Crippen molar-refractivity contribution in [3.05, 3.63) is 53.7 Å². The molecule has 0 aliphatic heterocycles. The monoisotopic (exact) mass is 286 g/mol. The molecule has 2 N–H and O–H groups in total. The quantitative estimate of drug-likeness (QED) is 0.872. The second-order valence-electron chi connectivity index (χ2n) is 5.60. The van der Waals surface area contributed by atoms with E-state index in [0.717, 1.165) is 5.75 Å². The van der Waals surface area contributed by atoms with Crippen LogP contribution in [0.5, 0.6) is 11.6 Å². The second kappa shape index (κ2) is 5.59. The smallest absolute Gasteiger partial charge is 0.219 e. The Kier molecular flexibility index (Phi) is 4.04. The first-order valence-electron chi connectivity index (χ1n) is 6.41. The van der Waals surface area contributed by atoms with Gasteiger partial charge >= 0.3 is 0 Å². The number of nitrogens with two attached hydrogens (primary N) is 1. The molecule has 0 saturated carbocycles. The van der Waals surface area contributed by atoms with E-state index < -0.39 is 0 Å². The summed E-state index contributed by atoms with van der Waals surface area (Å²) in [5.41, 5.74) is 7.50. The van der Waals surface area contributed by atoms with Crippen LogP contribution in [0.15, 0.2) is 42.5 Å². The van der Waals surface area contributed by atoms with Gasteiger partial charge in [-0.1, -0.05) is 51.2 Å². The fourth-order valence-corrected chi connectivity index (χ4v) is 1.87. The van der Waals surface area contributed by atoms with Crippen LogP contribution in [0.4, 0.5) is 0 Å².